The molecule has 0 aliphatic carbocycles. The first-order valence-electron chi connectivity index (χ1n) is 6.96. The zero-order valence-corrected chi connectivity index (χ0v) is 11.8. The van der Waals surface area contributed by atoms with Crippen molar-refractivity contribution in [2.45, 2.75) is 25.8 Å². The monoisotopic (exact) mass is 261 g/mol. The molecule has 2 rings (SSSR count). The Morgan fingerprint density at radius 2 is 2.05 bits per heavy atom. The maximum Gasteiger partial charge on any atom is 0.231 e. The molecule has 1 amide bonds. The number of nitrogens with one attached hydrogen (secondary N) is 2. The number of hydrogen-bond donors (Lipinski definition) is 2. The van der Waals surface area contributed by atoms with Gasteiger partial charge in [-0.15, -0.1) is 0 Å². The third-order valence-electron chi connectivity index (χ3n) is 3.58. The molecule has 1 aromatic rings. The summed E-state index contributed by atoms with van der Waals surface area (Å²) < 4.78 is 0. The fourth-order valence-corrected chi connectivity index (χ4v) is 2.42. The van der Waals surface area contributed by atoms with Gasteiger partial charge in [0.15, 0.2) is 0 Å². The third kappa shape index (κ3) is 3.55. The van der Waals surface area contributed by atoms with E-state index in [-0.39, 0.29) is 5.91 Å². The van der Waals surface area contributed by atoms with Crippen molar-refractivity contribution in [2.24, 2.45) is 0 Å². The van der Waals surface area contributed by atoms with Gasteiger partial charge in [0.05, 0.1) is 6.42 Å². The van der Waals surface area contributed by atoms with Crippen molar-refractivity contribution in [1.29, 1.82) is 0 Å². The fourth-order valence-electron chi connectivity index (χ4n) is 2.42. The van der Waals surface area contributed by atoms with Crippen molar-refractivity contribution in [1.82, 2.24) is 10.6 Å². The first-order chi connectivity index (χ1) is 9.22. The lowest BCUT2D eigenvalue weighted by Gasteiger charge is -2.11. The predicted molar refractivity (Wildman–Crippen MR) is 78.4 cm³/mol. The molecule has 1 heterocycles. The minimum Gasteiger partial charge on any atom is -0.320 e. The van der Waals surface area contributed by atoms with E-state index in [1.165, 1.54) is 18.4 Å². The number of hydrogen-bond acceptors (Lipinski definition) is 3. The second-order valence-electron chi connectivity index (χ2n) is 5.08. The molecule has 0 unspecified atom stereocenters. The minimum absolute atomic E-state index is 0.187. The van der Waals surface area contributed by atoms with E-state index >= 15 is 0 Å². The van der Waals surface area contributed by atoms with E-state index in [2.05, 4.69) is 28.8 Å². The summed E-state index contributed by atoms with van der Waals surface area (Å²) in [5, 5.41) is 6.60. The Morgan fingerprint density at radius 1 is 1.26 bits per heavy atom. The van der Waals surface area contributed by atoms with Crippen LogP contribution in [0.4, 0.5) is 5.69 Å². The SMILES string of the molecule is CNCCCCNCc1ccc2c(c1)CC(=O)N2C. The summed E-state index contributed by atoms with van der Waals surface area (Å²) in [6, 6.07) is 6.31. The molecule has 104 valence electrons. The molecule has 4 heteroatoms. The molecule has 19 heavy (non-hydrogen) atoms. The predicted octanol–water partition coefficient (Wildman–Crippen LogP) is 1.29. The summed E-state index contributed by atoms with van der Waals surface area (Å²) in [6.07, 6.45) is 2.93. The lowest BCUT2D eigenvalue weighted by Crippen LogP contribution is -2.20. The highest BCUT2D eigenvalue weighted by molar-refractivity contribution is 6.00. The van der Waals surface area contributed by atoms with Crippen molar-refractivity contribution in [3.05, 3.63) is 29.3 Å². The maximum atomic E-state index is 11.6. The van der Waals surface area contributed by atoms with Gasteiger partial charge in [-0.2, -0.15) is 0 Å². The largest absolute Gasteiger partial charge is 0.320 e. The van der Waals surface area contributed by atoms with Crippen LogP contribution in [0.5, 0.6) is 0 Å². The Labute approximate surface area is 115 Å². The Morgan fingerprint density at radius 3 is 2.84 bits per heavy atom. The van der Waals surface area contributed by atoms with E-state index < -0.39 is 0 Å². The average molecular weight is 261 g/mol. The number of fused-ring (bicyclic) bond motifs is 1. The van der Waals surface area contributed by atoms with Crippen LogP contribution in [-0.2, 0) is 17.8 Å². The van der Waals surface area contributed by atoms with Crippen molar-refractivity contribution >= 4 is 11.6 Å². The van der Waals surface area contributed by atoms with Crippen LogP contribution in [0.15, 0.2) is 18.2 Å². The molecule has 0 atom stereocenters. The number of benzene rings is 1. The highest BCUT2D eigenvalue weighted by atomic mass is 16.2. The van der Waals surface area contributed by atoms with Gasteiger partial charge < -0.3 is 15.5 Å². The van der Waals surface area contributed by atoms with Gasteiger partial charge in [-0.3, -0.25) is 4.79 Å². The molecule has 2 N–H and O–H groups in total. The first kappa shape index (κ1) is 14.0. The van der Waals surface area contributed by atoms with Gasteiger partial charge >= 0.3 is 0 Å². The Kier molecular flexibility index (Phi) is 4.93. The molecule has 0 saturated carbocycles. The fraction of sp³-hybridized carbons (Fsp3) is 0.533. The van der Waals surface area contributed by atoms with Gasteiger partial charge in [-0.05, 0) is 50.2 Å². The summed E-state index contributed by atoms with van der Waals surface area (Å²) >= 11 is 0. The number of rotatable bonds is 7. The molecule has 0 saturated heterocycles. The lowest BCUT2D eigenvalue weighted by molar-refractivity contribution is -0.117. The Bertz CT molecular complexity index is 445. The van der Waals surface area contributed by atoms with E-state index in [0.29, 0.717) is 6.42 Å². The number of carbonyl (C=O) groups excluding carboxylic acids is 1. The molecule has 4 nitrogen and oxygen atoms in total. The van der Waals surface area contributed by atoms with Crippen molar-refractivity contribution in [2.75, 3.05) is 32.1 Å². The molecule has 0 bridgehead atoms. The number of carbonyl (C=O) groups is 1. The summed E-state index contributed by atoms with van der Waals surface area (Å²) in [7, 11) is 3.82. The smallest absolute Gasteiger partial charge is 0.231 e. The zero-order valence-electron chi connectivity index (χ0n) is 11.8. The molecule has 0 aromatic heterocycles. The number of nitrogens with zero attached hydrogens (tertiary/aromatic N) is 1. The highest BCUT2D eigenvalue weighted by Gasteiger charge is 2.23. The van der Waals surface area contributed by atoms with Crippen LogP contribution in [0.2, 0.25) is 0 Å². The number of unbranched alkanes of at least 4 members (excludes halogenated alkanes) is 1. The summed E-state index contributed by atoms with van der Waals surface area (Å²) in [5.74, 6) is 0.187. The molecular weight excluding hydrogens is 238 g/mol. The van der Waals surface area contributed by atoms with Gasteiger partial charge in [0.1, 0.15) is 0 Å². The summed E-state index contributed by atoms with van der Waals surface area (Å²) in [4.78, 5) is 13.3. The van der Waals surface area contributed by atoms with E-state index in [1.54, 1.807) is 4.90 Å². The van der Waals surface area contributed by atoms with Gasteiger partial charge in [-0.1, -0.05) is 12.1 Å². The van der Waals surface area contributed by atoms with Crippen LogP contribution in [0.25, 0.3) is 0 Å². The molecular formula is C15H23N3O. The lowest BCUT2D eigenvalue weighted by atomic mass is 10.1. The quantitative estimate of drug-likeness (QED) is 0.727. The topological polar surface area (TPSA) is 44.4 Å². The maximum absolute atomic E-state index is 11.6. The van der Waals surface area contributed by atoms with Crippen LogP contribution in [0.3, 0.4) is 0 Å². The van der Waals surface area contributed by atoms with E-state index in [0.717, 1.165) is 30.9 Å². The van der Waals surface area contributed by atoms with Crippen LogP contribution in [0.1, 0.15) is 24.0 Å². The number of likely N-dealkylation sites (N-methyl/N-ethyl adjacent to an activating group) is 1. The molecule has 1 aliphatic heterocycles. The van der Waals surface area contributed by atoms with E-state index in [9.17, 15) is 4.79 Å². The first-order valence-corrected chi connectivity index (χ1v) is 6.96. The van der Waals surface area contributed by atoms with Crippen LogP contribution in [0, 0.1) is 0 Å². The molecule has 0 spiro atoms. The molecule has 1 aliphatic rings. The standard InChI is InChI=1S/C15H23N3O/c1-16-7-3-4-8-17-11-12-5-6-14-13(9-12)10-15(19)18(14)2/h5-6,9,16-17H,3-4,7-8,10-11H2,1-2H3. The minimum atomic E-state index is 0.187. The summed E-state index contributed by atoms with van der Waals surface area (Å²) in [5.41, 5.74) is 3.47. The molecule has 1 aromatic carbocycles. The van der Waals surface area contributed by atoms with Gasteiger partial charge in [-0.25, -0.2) is 0 Å². The van der Waals surface area contributed by atoms with Crippen LogP contribution in [-0.4, -0.2) is 33.1 Å². The highest BCUT2D eigenvalue weighted by Crippen LogP contribution is 2.28. The van der Waals surface area contributed by atoms with E-state index in [1.807, 2.05) is 14.1 Å². The molecule has 0 radical (unpaired) electrons. The second-order valence-corrected chi connectivity index (χ2v) is 5.08. The normalized spacial score (nSPS) is 14.0. The number of anilines is 1. The zero-order chi connectivity index (χ0) is 13.7. The average Bonchev–Trinajstić information content (AvgIpc) is 2.69. The number of amides is 1. The van der Waals surface area contributed by atoms with Gasteiger partial charge in [0.25, 0.3) is 0 Å². The molecule has 0 fully saturated rings. The van der Waals surface area contributed by atoms with Crippen LogP contribution < -0.4 is 15.5 Å². The van der Waals surface area contributed by atoms with Crippen molar-refractivity contribution < 1.29 is 4.79 Å². The Balaban J connectivity index is 1.80. The van der Waals surface area contributed by atoms with Gasteiger partial charge in [0.2, 0.25) is 5.91 Å². The second kappa shape index (κ2) is 6.68. The van der Waals surface area contributed by atoms with Crippen molar-refractivity contribution in [3.8, 4) is 0 Å². The van der Waals surface area contributed by atoms with E-state index in [4.69, 9.17) is 0 Å². The third-order valence-corrected chi connectivity index (χ3v) is 3.58. The van der Waals surface area contributed by atoms with Crippen LogP contribution >= 0.6 is 0 Å². The van der Waals surface area contributed by atoms with Crippen molar-refractivity contribution in [3.63, 3.8) is 0 Å². The van der Waals surface area contributed by atoms with Gasteiger partial charge in [0, 0.05) is 19.3 Å². The Hall–Kier alpha value is -1.39. The summed E-state index contributed by atoms with van der Waals surface area (Å²) in [6.45, 7) is 3.00.